The molecule has 0 spiro atoms. The quantitative estimate of drug-likeness (QED) is 0.749. The monoisotopic (exact) mass is 338 g/mol. The highest BCUT2D eigenvalue weighted by atomic mass is 32.3. The minimum atomic E-state index is -4.07. The van der Waals surface area contributed by atoms with E-state index in [9.17, 15) is 21.6 Å². The zero-order chi connectivity index (χ0) is 16.2. The van der Waals surface area contributed by atoms with Crippen LogP contribution in [0.15, 0.2) is 65.6 Å². The summed E-state index contributed by atoms with van der Waals surface area (Å²) in [5, 5.41) is -1.08. The Morgan fingerprint density at radius 3 is 1.82 bits per heavy atom. The molecule has 0 N–H and O–H groups in total. The summed E-state index contributed by atoms with van der Waals surface area (Å²) >= 11 is 0. The zero-order valence-electron chi connectivity index (χ0n) is 11.5. The standard InChI is InChI=1S/C15H14O5S2/c16-15(13-7-3-1-4-8-13)11-21(17,18)12-22(19,20)14-9-5-2-6-10-14/h1-10H,11-12H2. The number of rotatable bonds is 6. The van der Waals surface area contributed by atoms with Gasteiger partial charge in [0.2, 0.25) is 0 Å². The van der Waals surface area contributed by atoms with Gasteiger partial charge in [-0.25, -0.2) is 16.8 Å². The van der Waals surface area contributed by atoms with Crippen molar-refractivity contribution in [1.82, 2.24) is 0 Å². The van der Waals surface area contributed by atoms with E-state index in [1.54, 1.807) is 24.3 Å². The number of sulfone groups is 2. The van der Waals surface area contributed by atoms with Gasteiger partial charge in [0.1, 0.15) is 5.75 Å². The molecule has 0 aromatic heterocycles. The van der Waals surface area contributed by atoms with Gasteiger partial charge < -0.3 is 0 Å². The third kappa shape index (κ3) is 4.25. The molecule has 0 saturated carbocycles. The molecule has 7 heteroatoms. The third-order valence-electron chi connectivity index (χ3n) is 2.88. The van der Waals surface area contributed by atoms with Gasteiger partial charge in [-0.15, -0.1) is 0 Å². The van der Waals surface area contributed by atoms with E-state index in [1.807, 2.05) is 0 Å². The van der Waals surface area contributed by atoms with Gasteiger partial charge in [0.15, 0.2) is 30.5 Å². The average molecular weight is 338 g/mol. The van der Waals surface area contributed by atoms with Gasteiger partial charge in [0.05, 0.1) is 4.90 Å². The second kappa shape index (κ2) is 6.41. The van der Waals surface area contributed by atoms with Gasteiger partial charge in [-0.05, 0) is 12.1 Å². The van der Waals surface area contributed by atoms with Crippen LogP contribution in [0.2, 0.25) is 0 Å². The second-order valence-electron chi connectivity index (χ2n) is 4.72. The van der Waals surface area contributed by atoms with Gasteiger partial charge in [-0.1, -0.05) is 48.5 Å². The first-order chi connectivity index (χ1) is 10.3. The Balaban J connectivity index is 2.17. The van der Waals surface area contributed by atoms with Crippen LogP contribution in [0.4, 0.5) is 0 Å². The summed E-state index contributed by atoms with van der Waals surface area (Å²) in [4.78, 5) is 11.8. The molecule has 5 nitrogen and oxygen atoms in total. The molecule has 22 heavy (non-hydrogen) atoms. The van der Waals surface area contributed by atoms with E-state index in [-0.39, 0.29) is 10.5 Å². The van der Waals surface area contributed by atoms with E-state index in [0.29, 0.717) is 0 Å². The van der Waals surface area contributed by atoms with Crippen LogP contribution in [-0.2, 0) is 19.7 Å². The highest BCUT2D eigenvalue weighted by Crippen LogP contribution is 2.13. The number of hydrogen-bond acceptors (Lipinski definition) is 5. The van der Waals surface area contributed by atoms with Crippen LogP contribution in [-0.4, -0.2) is 33.5 Å². The molecule has 0 fully saturated rings. The number of carbonyl (C=O) groups excluding carboxylic acids is 1. The highest BCUT2D eigenvalue weighted by Gasteiger charge is 2.26. The number of benzene rings is 2. The van der Waals surface area contributed by atoms with E-state index >= 15 is 0 Å². The molecule has 2 aromatic rings. The molecule has 0 bridgehead atoms. The number of ketones is 1. The summed E-state index contributed by atoms with van der Waals surface area (Å²) in [7, 11) is -8.06. The summed E-state index contributed by atoms with van der Waals surface area (Å²) in [5.41, 5.74) is 0.239. The van der Waals surface area contributed by atoms with Crippen LogP contribution in [0.25, 0.3) is 0 Å². The molecule has 0 unspecified atom stereocenters. The summed E-state index contributed by atoms with van der Waals surface area (Å²) < 4.78 is 48.2. The van der Waals surface area contributed by atoms with Crippen LogP contribution in [0, 0.1) is 0 Å². The average Bonchev–Trinajstić information content (AvgIpc) is 2.47. The molecule has 0 aliphatic carbocycles. The molecule has 0 heterocycles. The maximum absolute atomic E-state index is 12.1. The van der Waals surface area contributed by atoms with Crippen molar-refractivity contribution in [2.75, 3.05) is 10.8 Å². The fourth-order valence-electron chi connectivity index (χ4n) is 1.88. The van der Waals surface area contributed by atoms with Crippen molar-refractivity contribution >= 4 is 25.5 Å². The van der Waals surface area contributed by atoms with Crippen LogP contribution >= 0.6 is 0 Å². The summed E-state index contributed by atoms with van der Waals surface area (Å²) in [6.07, 6.45) is 0. The lowest BCUT2D eigenvalue weighted by Gasteiger charge is -2.06. The topological polar surface area (TPSA) is 85.3 Å². The molecule has 0 atom stereocenters. The van der Waals surface area contributed by atoms with Gasteiger partial charge in [-0.2, -0.15) is 0 Å². The lowest BCUT2D eigenvalue weighted by atomic mass is 10.2. The predicted molar refractivity (Wildman–Crippen MR) is 83.1 cm³/mol. The largest absolute Gasteiger partial charge is 0.293 e. The molecular formula is C15H14O5S2. The van der Waals surface area contributed by atoms with Crippen LogP contribution in [0.5, 0.6) is 0 Å². The molecule has 2 aromatic carbocycles. The fourth-order valence-corrected chi connectivity index (χ4v) is 5.79. The SMILES string of the molecule is O=C(CS(=O)(=O)CS(=O)(=O)c1ccccc1)c1ccccc1. The second-order valence-corrected chi connectivity index (χ2v) is 9.14. The van der Waals surface area contributed by atoms with Crippen molar-refractivity contribution in [3.05, 3.63) is 66.2 Å². The Morgan fingerprint density at radius 1 is 0.773 bits per heavy atom. The van der Waals surface area contributed by atoms with E-state index in [2.05, 4.69) is 0 Å². The van der Waals surface area contributed by atoms with Crippen molar-refractivity contribution in [2.24, 2.45) is 0 Å². The van der Waals surface area contributed by atoms with E-state index < -0.39 is 36.3 Å². The molecule has 0 radical (unpaired) electrons. The van der Waals surface area contributed by atoms with Crippen molar-refractivity contribution in [2.45, 2.75) is 4.90 Å². The normalized spacial score (nSPS) is 12.0. The van der Waals surface area contributed by atoms with Crippen LogP contribution in [0.3, 0.4) is 0 Å². The third-order valence-corrected chi connectivity index (χ3v) is 7.25. The highest BCUT2D eigenvalue weighted by molar-refractivity contribution is 8.08. The molecular weight excluding hydrogens is 324 g/mol. The van der Waals surface area contributed by atoms with Gasteiger partial charge in [-0.3, -0.25) is 4.79 Å². The van der Waals surface area contributed by atoms with Crippen LogP contribution in [0.1, 0.15) is 10.4 Å². The Hall–Kier alpha value is -1.99. The Bertz CT molecular complexity index is 855. The summed E-state index contributed by atoms with van der Waals surface area (Å²) in [5.74, 6) is -1.45. The first-order valence-corrected chi connectivity index (χ1v) is 9.84. The number of carbonyl (C=O) groups is 1. The fraction of sp³-hybridized carbons (Fsp3) is 0.133. The molecule has 0 aliphatic heterocycles. The molecule has 0 amide bonds. The smallest absolute Gasteiger partial charge is 0.192 e. The number of Topliss-reactive ketones (excluding diaryl/α,β-unsaturated/α-hetero) is 1. The Kier molecular flexibility index (Phi) is 4.77. The first kappa shape index (κ1) is 16.4. The molecule has 0 aliphatic rings. The van der Waals surface area contributed by atoms with Crippen molar-refractivity contribution in [1.29, 1.82) is 0 Å². The predicted octanol–water partition coefficient (Wildman–Crippen LogP) is 1.72. The Labute approximate surface area is 129 Å². The van der Waals surface area contributed by atoms with Crippen LogP contribution < -0.4 is 0 Å². The minimum Gasteiger partial charge on any atom is -0.293 e. The molecule has 2 rings (SSSR count). The van der Waals surface area contributed by atoms with E-state index in [0.717, 1.165) is 0 Å². The van der Waals surface area contributed by atoms with Crippen molar-refractivity contribution in [3.8, 4) is 0 Å². The maximum atomic E-state index is 12.1. The number of hydrogen-bond donors (Lipinski definition) is 0. The van der Waals surface area contributed by atoms with Gasteiger partial charge >= 0.3 is 0 Å². The lowest BCUT2D eigenvalue weighted by Crippen LogP contribution is -2.24. The van der Waals surface area contributed by atoms with Crippen molar-refractivity contribution in [3.63, 3.8) is 0 Å². The van der Waals surface area contributed by atoms with E-state index in [1.165, 1.54) is 36.4 Å². The summed E-state index contributed by atoms with van der Waals surface area (Å²) in [6.45, 7) is 0. The zero-order valence-corrected chi connectivity index (χ0v) is 13.2. The lowest BCUT2D eigenvalue weighted by molar-refractivity contribution is 0.102. The van der Waals surface area contributed by atoms with Crippen molar-refractivity contribution < 1.29 is 21.6 Å². The first-order valence-electron chi connectivity index (χ1n) is 6.37. The maximum Gasteiger partial charge on any atom is 0.192 e. The van der Waals surface area contributed by atoms with E-state index in [4.69, 9.17) is 0 Å². The van der Waals surface area contributed by atoms with Gasteiger partial charge in [0, 0.05) is 5.56 Å². The Morgan fingerprint density at radius 2 is 1.27 bits per heavy atom. The summed E-state index contributed by atoms with van der Waals surface area (Å²) in [6, 6.07) is 15.2. The van der Waals surface area contributed by atoms with Gasteiger partial charge in [0.25, 0.3) is 0 Å². The molecule has 0 saturated heterocycles. The molecule has 116 valence electrons. The minimum absolute atomic E-state index is 0.0780.